The molecular formula is C26H48N2O11. The van der Waals surface area contributed by atoms with Crippen molar-refractivity contribution in [1.82, 2.24) is 10.2 Å². The first kappa shape index (κ1) is 36.7. The van der Waals surface area contributed by atoms with E-state index in [2.05, 4.69) is 5.32 Å². The largest absolute Gasteiger partial charge is 0.481 e. The number of carboxylic acids is 1. The van der Waals surface area contributed by atoms with Crippen molar-refractivity contribution in [3.05, 3.63) is 0 Å². The Morgan fingerprint density at radius 2 is 1.05 bits per heavy atom. The van der Waals surface area contributed by atoms with E-state index in [4.69, 9.17) is 33.5 Å². The van der Waals surface area contributed by atoms with Crippen molar-refractivity contribution < 1.29 is 52.7 Å². The van der Waals surface area contributed by atoms with Crippen LogP contribution in [0, 0.1) is 0 Å². The van der Waals surface area contributed by atoms with Crippen molar-refractivity contribution in [3.63, 3.8) is 0 Å². The van der Waals surface area contributed by atoms with Crippen LogP contribution in [0.2, 0.25) is 0 Å². The number of carboxylic acid groups (broad SMARTS) is 1. The van der Waals surface area contributed by atoms with Gasteiger partial charge in [0.2, 0.25) is 5.91 Å². The number of aliphatic carboxylic acids is 1. The van der Waals surface area contributed by atoms with E-state index in [1.54, 1.807) is 41.5 Å². The molecule has 0 bridgehead atoms. The molecule has 13 nitrogen and oxygen atoms in total. The summed E-state index contributed by atoms with van der Waals surface area (Å²) in [6.45, 7) is 13.1. The molecule has 2 N–H and O–H groups in total. The van der Waals surface area contributed by atoms with E-state index in [1.165, 1.54) is 4.90 Å². The smallest absolute Gasteiger partial charge is 0.320 e. The minimum atomic E-state index is -0.896. The number of carbonyl (C=O) groups excluding carboxylic acids is 3. The fourth-order valence-corrected chi connectivity index (χ4v) is 2.86. The molecule has 0 aromatic carbocycles. The molecule has 0 rings (SSSR count). The van der Waals surface area contributed by atoms with Crippen LogP contribution in [0.15, 0.2) is 0 Å². The molecule has 0 spiro atoms. The van der Waals surface area contributed by atoms with Crippen molar-refractivity contribution in [1.29, 1.82) is 0 Å². The summed E-state index contributed by atoms with van der Waals surface area (Å²) in [5, 5.41) is 11.2. The molecule has 0 saturated heterocycles. The maximum Gasteiger partial charge on any atom is 0.320 e. The van der Waals surface area contributed by atoms with Gasteiger partial charge in [-0.3, -0.25) is 24.1 Å². The van der Waals surface area contributed by atoms with E-state index in [-0.39, 0.29) is 38.6 Å². The Bertz CT molecular complexity index is 688. The average molecular weight is 565 g/mol. The van der Waals surface area contributed by atoms with Gasteiger partial charge in [0.1, 0.15) is 11.2 Å². The lowest BCUT2D eigenvalue weighted by molar-refractivity contribution is -0.160. The fourth-order valence-electron chi connectivity index (χ4n) is 2.86. The van der Waals surface area contributed by atoms with Gasteiger partial charge < -0.3 is 38.8 Å². The average Bonchev–Trinajstić information content (AvgIpc) is 2.75. The molecule has 0 atom stereocenters. The molecule has 0 aliphatic heterocycles. The Hall–Kier alpha value is -2.32. The lowest BCUT2D eigenvalue weighted by atomic mass is 10.2. The first-order valence-electron chi connectivity index (χ1n) is 13.1. The van der Waals surface area contributed by atoms with Gasteiger partial charge in [-0.15, -0.1) is 0 Å². The molecule has 0 heterocycles. The van der Waals surface area contributed by atoms with Gasteiger partial charge in [0.25, 0.3) is 0 Å². The third kappa shape index (κ3) is 27.1. The zero-order valence-corrected chi connectivity index (χ0v) is 24.4. The Labute approximate surface area is 231 Å². The number of nitrogens with zero attached hydrogens (tertiary/aromatic N) is 1. The monoisotopic (exact) mass is 564 g/mol. The highest BCUT2D eigenvalue weighted by Gasteiger charge is 2.24. The van der Waals surface area contributed by atoms with Gasteiger partial charge in [-0.2, -0.15) is 0 Å². The Kier molecular flexibility index (Phi) is 19.3. The highest BCUT2D eigenvalue weighted by atomic mass is 16.6. The van der Waals surface area contributed by atoms with Crippen LogP contribution in [0.25, 0.3) is 0 Å². The molecule has 39 heavy (non-hydrogen) atoms. The van der Waals surface area contributed by atoms with Gasteiger partial charge >= 0.3 is 17.9 Å². The second kappa shape index (κ2) is 20.6. The molecule has 0 fully saturated rings. The first-order valence-corrected chi connectivity index (χ1v) is 13.1. The fraction of sp³-hybridized carbons (Fsp3) is 0.846. The third-order valence-electron chi connectivity index (χ3n) is 4.28. The van der Waals surface area contributed by atoms with Crippen LogP contribution in [0.4, 0.5) is 0 Å². The SMILES string of the molecule is CC(C)(C)OC(=O)CN(CC(=O)NCCCOCCOCCOCCOCCC(=O)O)CC(=O)OC(C)(C)C. The van der Waals surface area contributed by atoms with Crippen LogP contribution in [-0.4, -0.2) is 124 Å². The van der Waals surface area contributed by atoms with Crippen LogP contribution < -0.4 is 5.32 Å². The molecule has 0 aromatic heterocycles. The normalized spacial score (nSPS) is 11.9. The molecule has 1 amide bonds. The molecule has 0 saturated carbocycles. The standard InChI is InChI=1S/C26H48N2O11/c1-25(2,3)38-23(32)19-28(20-24(33)39-26(4,5)6)18-21(29)27-9-7-10-34-12-14-36-16-17-37-15-13-35-11-8-22(30)31/h7-20H2,1-6H3,(H,27,29)(H,30,31). The minimum absolute atomic E-state index is 0.0280. The van der Waals surface area contributed by atoms with E-state index in [9.17, 15) is 19.2 Å². The topological polar surface area (TPSA) is 159 Å². The molecule has 13 heteroatoms. The van der Waals surface area contributed by atoms with Gasteiger partial charge in [-0.05, 0) is 48.0 Å². The van der Waals surface area contributed by atoms with Crippen molar-refractivity contribution in [2.24, 2.45) is 0 Å². The van der Waals surface area contributed by atoms with Gasteiger partial charge in [0.15, 0.2) is 0 Å². The number of rotatable bonds is 22. The number of carbonyl (C=O) groups is 4. The summed E-state index contributed by atoms with van der Waals surface area (Å²) in [5.41, 5.74) is -1.37. The summed E-state index contributed by atoms with van der Waals surface area (Å²) in [6, 6.07) is 0. The van der Waals surface area contributed by atoms with E-state index >= 15 is 0 Å². The van der Waals surface area contributed by atoms with Crippen molar-refractivity contribution >= 4 is 23.8 Å². The summed E-state index contributed by atoms with van der Waals surface area (Å²) >= 11 is 0. The molecule has 0 aliphatic rings. The zero-order valence-electron chi connectivity index (χ0n) is 24.4. The van der Waals surface area contributed by atoms with E-state index in [0.717, 1.165) is 0 Å². The summed E-state index contributed by atoms with van der Waals surface area (Å²) in [5.74, 6) is -2.31. The van der Waals surface area contributed by atoms with Crippen molar-refractivity contribution in [2.45, 2.75) is 65.6 Å². The predicted molar refractivity (Wildman–Crippen MR) is 141 cm³/mol. The van der Waals surface area contributed by atoms with Crippen LogP contribution in [0.1, 0.15) is 54.4 Å². The summed E-state index contributed by atoms with van der Waals surface area (Å²) in [7, 11) is 0. The maximum atomic E-state index is 12.4. The van der Waals surface area contributed by atoms with E-state index < -0.39 is 29.1 Å². The lowest BCUT2D eigenvalue weighted by Gasteiger charge is -2.26. The quantitative estimate of drug-likeness (QED) is 0.142. The van der Waals surface area contributed by atoms with Gasteiger partial charge in [0, 0.05) is 13.2 Å². The Morgan fingerprint density at radius 3 is 1.46 bits per heavy atom. The molecule has 228 valence electrons. The van der Waals surface area contributed by atoms with Crippen molar-refractivity contribution in [2.75, 3.05) is 79.0 Å². The molecule has 0 radical (unpaired) electrons. The lowest BCUT2D eigenvalue weighted by Crippen LogP contribution is -2.45. The maximum absolute atomic E-state index is 12.4. The van der Waals surface area contributed by atoms with Crippen LogP contribution >= 0.6 is 0 Å². The minimum Gasteiger partial charge on any atom is -0.481 e. The Morgan fingerprint density at radius 1 is 0.641 bits per heavy atom. The summed E-state index contributed by atoms with van der Waals surface area (Å²) in [4.78, 5) is 48.6. The predicted octanol–water partition coefficient (Wildman–Crippen LogP) is 1.02. The first-order chi connectivity index (χ1) is 18.2. The molecular weight excluding hydrogens is 516 g/mol. The zero-order chi connectivity index (χ0) is 29.7. The van der Waals surface area contributed by atoms with Crippen LogP contribution in [0.3, 0.4) is 0 Å². The number of hydrogen-bond acceptors (Lipinski definition) is 11. The number of hydrogen-bond donors (Lipinski definition) is 2. The Balaban J connectivity index is 4.02. The van der Waals surface area contributed by atoms with Gasteiger partial charge in [-0.1, -0.05) is 0 Å². The van der Waals surface area contributed by atoms with E-state index in [1.807, 2.05) is 0 Å². The molecule has 0 unspecified atom stereocenters. The number of ether oxygens (including phenoxy) is 6. The van der Waals surface area contributed by atoms with Crippen molar-refractivity contribution in [3.8, 4) is 0 Å². The van der Waals surface area contributed by atoms with Gasteiger partial charge in [-0.25, -0.2) is 0 Å². The summed E-state index contributed by atoms with van der Waals surface area (Å²) < 4.78 is 31.9. The highest BCUT2D eigenvalue weighted by molar-refractivity contribution is 5.81. The molecule has 0 aliphatic carbocycles. The van der Waals surface area contributed by atoms with Crippen LogP contribution in [-0.2, 0) is 47.6 Å². The highest BCUT2D eigenvalue weighted by Crippen LogP contribution is 2.09. The van der Waals surface area contributed by atoms with E-state index in [0.29, 0.717) is 59.2 Å². The number of amides is 1. The van der Waals surface area contributed by atoms with Crippen LogP contribution in [0.5, 0.6) is 0 Å². The molecule has 0 aromatic rings. The second-order valence-corrected chi connectivity index (χ2v) is 10.6. The summed E-state index contributed by atoms with van der Waals surface area (Å²) in [6.07, 6.45) is 0.550. The van der Waals surface area contributed by atoms with Gasteiger partial charge in [0.05, 0.1) is 72.3 Å². The number of nitrogens with one attached hydrogen (secondary N) is 1. The second-order valence-electron chi connectivity index (χ2n) is 10.6. The third-order valence-corrected chi connectivity index (χ3v) is 4.28. The number of esters is 2.